The summed E-state index contributed by atoms with van der Waals surface area (Å²) in [5.74, 6) is 1.90. The van der Waals surface area contributed by atoms with Crippen LogP contribution in [0.25, 0.3) is 0 Å². The Morgan fingerprint density at radius 1 is 1.34 bits per heavy atom. The van der Waals surface area contributed by atoms with E-state index in [1.165, 1.54) is 11.1 Å². The summed E-state index contributed by atoms with van der Waals surface area (Å²) in [7, 11) is 0. The van der Waals surface area contributed by atoms with Gasteiger partial charge in [0.2, 0.25) is 10.8 Å². The lowest BCUT2D eigenvalue weighted by Crippen LogP contribution is -2.49. The minimum atomic E-state index is -1.09. The van der Waals surface area contributed by atoms with Gasteiger partial charge in [-0.1, -0.05) is 17.7 Å². The zero-order valence-corrected chi connectivity index (χ0v) is 18.0. The Kier molecular flexibility index (Phi) is 4.89. The number of halogens is 1. The van der Waals surface area contributed by atoms with Crippen LogP contribution in [-0.4, -0.2) is 44.1 Å². The molecule has 1 saturated carbocycles. The van der Waals surface area contributed by atoms with Gasteiger partial charge in [0.25, 0.3) is 0 Å². The number of fused-ring (bicyclic) bond motifs is 2. The minimum Gasteiger partial charge on any atom is -0.611 e. The monoisotopic (exact) mass is 432 g/mol. The molecule has 1 aromatic heterocycles. The summed E-state index contributed by atoms with van der Waals surface area (Å²) in [5, 5.41) is 14.1. The zero-order valence-electron chi connectivity index (χ0n) is 16.4. The van der Waals surface area contributed by atoms with Crippen LogP contribution in [0.3, 0.4) is 0 Å². The molecule has 2 atom stereocenters. The summed E-state index contributed by atoms with van der Waals surface area (Å²) < 4.78 is 12.6. The van der Waals surface area contributed by atoms with Gasteiger partial charge in [-0.15, -0.1) is 0 Å². The Bertz CT molecular complexity index is 947. The van der Waals surface area contributed by atoms with Gasteiger partial charge in [0.15, 0.2) is 5.82 Å². The van der Waals surface area contributed by atoms with E-state index in [1.807, 2.05) is 12.1 Å². The topological polar surface area (TPSA) is 84.3 Å². The highest BCUT2D eigenvalue weighted by Crippen LogP contribution is 2.40. The molecule has 0 bridgehead atoms. The summed E-state index contributed by atoms with van der Waals surface area (Å²) in [6, 6.07) is 6.20. The maximum absolute atomic E-state index is 12.6. The van der Waals surface area contributed by atoms with Gasteiger partial charge < -0.3 is 19.9 Å². The molecule has 2 aliphatic heterocycles. The molecular weight excluding hydrogens is 408 g/mol. The first kappa shape index (κ1) is 19.4. The highest BCUT2D eigenvalue weighted by molar-refractivity contribution is 7.91. The van der Waals surface area contributed by atoms with Crippen molar-refractivity contribution in [2.45, 2.75) is 55.5 Å². The number of aliphatic hydroxyl groups is 1. The number of nitrogens with one attached hydrogen (secondary N) is 1. The van der Waals surface area contributed by atoms with Crippen molar-refractivity contribution in [2.75, 3.05) is 29.1 Å². The van der Waals surface area contributed by atoms with Crippen molar-refractivity contribution in [2.24, 2.45) is 0 Å². The third-order valence-corrected chi connectivity index (χ3v) is 8.27. The Balaban J connectivity index is 1.53. The van der Waals surface area contributed by atoms with Gasteiger partial charge in [0.05, 0.1) is 18.2 Å². The summed E-state index contributed by atoms with van der Waals surface area (Å²) in [6.07, 6.45) is 4.47. The van der Waals surface area contributed by atoms with E-state index in [9.17, 15) is 9.66 Å². The van der Waals surface area contributed by atoms with Crippen molar-refractivity contribution >= 4 is 34.5 Å². The molecule has 3 heterocycles. The summed E-state index contributed by atoms with van der Waals surface area (Å²) in [6.45, 7) is 3.03. The molecular formula is C21H25ClN4O2S. The average molecular weight is 433 g/mol. The SMILES string of the molecule is C[C@H]1c2ccc(Cl)cc2CCN1c1nc2c(c(NC3(CO)CCC3)n1)[S@+]([O-])CC2. The molecule has 1 aliphatic carbocycles. The van der Waals surface area contributed by atoms with E-state index < -0.39 is 11.2 Å². The molecule has 8 heteroatoms. The van der Waals surface area contributed by atoms with Gasteiger partial charge in [-0.2, -0.15) is 4.98 Å². The van der Waals surface area contributed by atoms with Gasteiger partial charge >= 0.3 is 0 Å². The fourth-order valence-corrected chi connectivity index (χ4v) is 6.15. The van der Waals surface area contributed by atoms with Crippen molar-refractivity contribution in [3.63, 3.8) is 0 Å². The van der Waals surface area contributed by atoms with Crippen LogP contribution in [0, 0.1) is 0 Å². The average Bonchev–Trinajstić information content (AvgIpc) is 3.06. The smallest absolute Gasteiger partial charge is 0.228 e. The second-order valence-electron chi connectivity index (χ2n) is 8.33. The maximum atomic E-state index is 12.6. The molecule has 5 rings (SSSR count). The molecule has 0 unspecified atom stereocenters. The number of hydrogen-bond donors (Lipinski definition) is 2. The van der Waals surface area contributed by atoms with E-state index in [1.54, 1.807) is 0 Å². The van der Waals surface area contributed by atoms with Crippen LogP contribution in [0.2, 0.25) is 5.02 Å². The maximum Gasteiger partial charge on any atom is 0.228 e. The summed E-state index contributed by atoms with van der Waals surface area (Å²) in [4.78, 5) is 12.6. The van der Waals surface area contributed by atoms with Crippen LogP contribution in [-0.2, 0) is 24.0 Å². The van der Waals surface area contributed by atoms with Crippen LogP contribution in [0.15, 0.2) is 23.1 Å². The Morgan fingerprint density at radius 3 is 2.90 bits per heavy atom. The van der Waals surface area contributed by atoms with E-state index in [0.29, 0.717) is 23.9 Å². The Hall–Kier alpha value is -1.54. The molecule has 1 fully saturated rings. The molecule has 29 heavy (non-hydrogen) atoms. The molecule has 154 valence electrons. The van der Waals surface area contributed by atoms with E-state index in [0.717, 1.165) is 47.8 Å². The fraction of sp³-hybridized carbons (Fsp3) is 0.524. The predicted octanol–water partition coefficient (Wildman–Crippen LogP) is 3.24. The zero-order chi connectivity index (χ0) is 20.2. The third-order valence-electron chi connectivity index (χ3n) is 6.57. The van der Waals surface area contributed by atoms with Crippen LogP contribution < -0.4 is 10.2 Å². The number of hydrogen-bond acceptors (Lipinski definition) is 6. The predicted molar refractivity (Wildman–Crippen MR) is 115 cm³/mol. The van der Waals surface area contributed by atoms with E-state index in [4.69, 9.17) is 21.6 Å². The van der Waals surface area contributed by atoms with Gasteiger partial charge in [-0.3, -0.25) is 0 Å². The molecule has 0 saturated heterocycles. The van der Waals surface area contributed by atoms with Gasteiger partial charge in [-0.05, 0) is 67.0 Å². The van der Waals surface area contributed by atoms with E-state index in [-0.39, 0.29) is 18.2 Å². The molecule has 6 nitrogen and oxygen atoms in total. The molecule has 0 spiro atoms. The lowest BCUT2D eigenvalue weighted by atomic mass is 9.77. The summed E-state index contributed by atoms with van der Waals surface area (Å²) >= 11 is 5.09. The molecule has 2 aromatic rings. The standard InChI is InChI=1S/C21H25ClN4O2S/c1-13-16-4-3-15(22)11-14(16)5-9-26(13)20-23-17-6-10-29(28)18(17)19(24-20)25-21(12-27)7-2-8-21/h3-4,11,13,27H,2,5-10,12H2,1H3,(H,23,24,25)/t13-,29+/m0/s1. The number of anilines is 2. The number of aryl methyl sites for hydroxylation is 1. The van der Waals surface area contributed by atoms with Crippen LogP contribution in [0.4, 0.5) is 11.8 Å². The Morgan fingerprint density at radius 2 is 2.17 bits per heavy atom. The first-order chi connectivity index (χ1) is 14.0. The third kappa shape index (κ3) is 3.28. The van der Waals surface area contributed by atoms with Gasteiger partial charge in [0, 0.05) is 18.0 Å². The van der Waals surface area contributed by atoms with Crippen molar-refractivity contribution in [3.8, 4) is 0 Å². The second-order valence-corrected chi connectivity index (χ2v) is 10.3. The number of aliphatic hydroxyl groups excluding tert-OH is 1. The van der Waals surface area contributed by atoms with Crippen LogP contribution >= 0.6 is 11.6 Å². The van der Waals surface area contributed by atoms with Crippen molar-refractivity contribution < 1.29 is 9.66 Å². The highest BCUT2D eigenvalue weighted by atomic mass is 35.5. The van der Waals surface area contributed by atoms with Gasteiger partial charge in [-0.25, -0.2) is 4.98 Å². The Labute approximate surface area is 178 Å². The molecule has 0 radical (unpaired) electrons. The number of nitrogens with zero attached hydrogens (tertiary/aromatic N) is 3. The molecule has 2 N–H and O–H groups in total. The quantitative estimate of drug-likeness (QED) is 0.721. The number of rotatable bonds is 4. The van der Waals surface area contributed by atoms with Crippen molar-refractivity contribution in [3.05, 3.63) is 40.0 Å². The fourth-order valence-electron chi connectivity index (χ4n) is 4.65. The minimum absolute atomic E-state index is 0.0575. The highest BCUT2D eigenvalue weighted by Gasteiger charge is 2.41. The van der Waals surface area contributed by atoms with Gasteiger partial charge in [0.1, 0.15) is 11.4 Å². The largest absolute Gasteiger partial charge is 0.611 e. The lowest BCUT2D eigenvalue weighted by molar-refractivity contribution is 0.143. The van der Waals surface area contributed by atoms with Crippen LogP contribution in [0.5, 0.6) is 0 Å². The number of benzene rings is 1. The molecule has 0 amide bonds. The number of aromatic nitrogens is 2. The van der Waals surface area contributed by atoms with Crippen molar-refractivity contribution in [1.82, 2.24) is 9.97 Å². The molecule has 1 aromatic carbocycles. The second kappa shape index (κ2) is 7.30. The van der Waals surface area contributed by atoms with Crippen LogP contribution in [0.1, 0.15) is 49.0 Å². The summed E-state index contributed by atoms with van der Waals surface area (Å²) in [5.41, 5.74) is 3.05. The normalized spacial score (nSPS) is 24.6. The molecule has 3 aliphatic rings. The lowest BCUT2D eigenvalue weighted by Gasteiger charge is -2.41. The van der Waals surface area contributed by atoms with E-state index in [2.05, 4.69) is 23.2 Å². The van der Waals surface area contributed by atoms with Crippen molar-refractivity contribution in [1.29, 1.82) is 0 Å². The first-order valence-corrected chi connectivity index (χ1v) is 11.9. The van der Waals surface area contributed by atoms with E-state index >= 15 is 0 Å². The first-order valence-electron chi connectivity index (χ1n) is 10.2.